The van der Waals surface area contributed by atoms with Gasteiger partial charge >= 0.3 is 5.97 Å². The van der Waals surface area contributed by atoms with Crippen LogP contribution in [-0.2, 0) is 9.53 Å². The SMILES string of the molecule is CCOC(=O)[C@@H]1C2CCC(CC2)[C@H]1Nc1nc(Cl)nn2cc(Br)cc12. The summed E-state index contributed by atoms with van der Waals surface area (Å²) in [6.45, 7) is 2.27. The molecular formula is C17H20BrClN4O2. The maximum atomic E-state index is 12.6. The number of aromatic nitrogens is 3. The second-order valence-electron chi connectivity index (χ2n) is 6.84. The molecule has 2 heterocycles. The van der Waals surface area contributed by atoms with Gasteiger partial charge in [0.05, 0.1) is 12.5 Å². The van der Waals surface area contributed by atoms with Gasteiger partial charge in [-0.15, -0.1) is 5.10 Å². The van der Waals surface area contributed by atoms with Crippen molar-refractivity contribution in [3.05, 3.63) is 22.0 Å². The predicted octanol–water partition coefficient (Wildman–Crippen LogP) is 3.93. The second kappa shape index (κ2) is 6.76. The smallest absolute Gasteiger partial charge is 0.311 e. The molecule has 0 spiro atoms. The van der Waals surface area contributed by atoms with Crippen molar-refractivity contribution < 1.29 is 9.53 Å². The van der Waals surface area contributed by atoms with E-state index in [4.69, 9.17) is 16.3 Å². The summed E-state index contributed by atoms with van der Waals surface area (Å²) in [4.78, 5) is 17.0. The van der Waals surface area contributed by atoms with Crippen molar-refractivity contribution in [2.75, 3.05) is 11.9 Å². The van der Waals surface area contributed by atoms with E-state index in [-0.39, 0.29) is 23.2 Å². The Labute approximate surface area is 159 Å². The molecule has 2 aromatic heterocycles. The Hall–Kier alpha value is -1.34. The van der Waals surface area contributed by atoms with Gasteiger partial charge in [-0.2, -0.15) is 4.98 Å². The Balaban J connectivity index is 1.69. The van der Waals surface area contributed by atoms with Gasteiger partial charge in [0.1, 0.15) is 5.52 Å². The molecule has 3 aliphatic carbocycles. The van der Waals surface area contributed by atoms with Crippen molar-refractivity contribution in [3.63, 3.8) is 0 Å². The summed E-state index contributed by atoms with van der Waals surface area (Å²) in [6.07, 6.45) is 6.31. The number of carbonyl (C=O) groups is 1. The van der Waals surface area contributed by atoms with Crippen LogP contribution in [0.3, 0.4) is 0 Å². The molecule has 3 saturated carbocycles. The number of nitrogens with zero attached hydrogens (tertiary/aromatic N) is 3. The highest BCUT2D eigenvalue weighted by molar-refractivity contribution is 9.10. The zero-order valence-electron chi connectivity index (χ0n) is 13.9. The Morgan fingerprint density at radius 3 is 2.84 bits per heavy atom. The predicted molar refractivity (Wildman–Crippen MR) is 98.7 cm³/mol. The fourth-order valence-corrected chi connectivity index (χ4v) is 5.02. The molecule has 8 heteroatoms. The monoisotopic (exact) mass is 426 g/mol. The van der Waals surface area contributed by atoms with Crippen LogP contribution in [0.4, 0.5) is 5.82 Å². The standard InChI is InChI=1S/C17H20BrClN4O2/c1-2-25-16(24)13-9-3-5-10(6-4-9)14(13)20-15-12-7-11(18)8-23(12)22-17(19)21-15/h7-10,13-14H,2-6H2,1H3,(H,20,21,22)/t9?,10?,13-,14-/m1/s1. The first-order valence-corrected chi connectivity index (χ1v) is 9.88. The lowest BCUT2D eigenvalue weighted by Crippen LogP contribution is -2.52. The summed E-state index contributed by atoms with van der Waals surface area (Å²) in [5, 5.41) is 7.88. The number of carbonyl (C=O) groups excluding carboxylic acids is 1. The van der Waals surface area contributed by atoms with Gasteiger partial charge in [0, 0.05) is 16.7 Å². The molecule has 0 saturated heterocycles. The molecule has 6 nitrogen and oxygen atoms in total. The van der Waals surface area contributed by atoms with Gasteiger partial charge in [-0.1, -0.05) is 0 Å². The van der Waals surface area contributed by atoms with Gasteiger partial charge in [-0.05, 0) is 78.0 Å². The molecule has 2 bridgehead atoms. The number of halogens is 2. The van der Waals surface area contributed by atoms with Crippen LogP contribution in [0, 0.1) is 17.8 Å². The van der Waals surface area contributed by atoms with Crippen molar-refractivity contribution >= 4 is 44.8 Å². The minimum absolute atomic E-state index is 0.0231. The van der Waals surface area contributed by atoms with Crippen LogP contribution >= 0.6 is 27.5 Å². The lowest BCUT2D eigenvalue weighted by Gasteiger charge is -2.47. The topological polar surface area (TPSA) is 68.5 Å². The molecule has 0 aliphatic heterocycles. The number of fused-ring (bicyclic) bond motifs is 4. The van der Waals surface area contributed by atoms with E-state index in [0.717, 1.165) is 35.7 Å². The van der Waals surface area contributed by atoms with Gasteiger partial charge in [0.2, 0.25) is 5.28 Å². The van der Waals surface area contributed by atoms with Crippen molar-refractivity contribution in [2.24, 2.45) is 17.8 Å². The maximum absolute atomic E-state index is 12.6. The highest BCUT2D eigenvalue weighted by Crippen LogP contribution is 2.47. The molecule has 134 valence electrons. The molecule has 2 atom stereocenters. The van der Waals surface area contributed by atoms with E-state index >= 15 is 0 Å². The summed E-state index contributed by atoms with van der Waals surface area (Å²) in [5.41, 5.74) is 0.834. The molecule has 1 N–H and O–H groups in total. The fraction of sp³-hybridized carbons (Fsp3) is 0.588. The lowest BCUT2D eigenvalue weighted by molar-refractivity contribution is -0.154. The third-order valence-electron chi connectivity index (χ3n) is 5.49. The first-order chi connectivity index (χ1) is 12.1. The lowest BCUT2D eigenvalue weighted by atomic mass is 9.61. The number of ether oxygens (including phenoxy) is 1. The van der Waals surface area contributed by atoms with Crippen LogP contribution in [-0.4, -0.2) is 33.2 Å². The molecule has 5 rings (SSSR count). The summed E-state index contributed by atoms with van der Waals surface area (Å²) >= 11 is 9.55. The zero-order chi connectivity index (χ0) is 17.6. The minimum Gasteiger partial charge on any atom is -0.466 e. The second-order valence-corrected chi connectivity index (χ2v) is 8.09. The third-order valence-corrected chi connectivity index (χ3v) is 6.08. The Kier molecular flexibility index (Phi) is 4.62. The van der Waals surface area contributed by atoms with Crippen molar-refractivity contribution in [2.45, 2.75) is 38.6 Å². The van der Waals surface area contributed by atoms with E-state index in [0.29, 0.717) is 24.3 Å². The highest BCUT2D eigenvalue weighted by atomic mass is 79.9. The fourth-order valence-electron chi connectivity index (χ4n) is 4.44. The van der Waals surface area contributed by atoms with Crippen LogP contribution < -0.4 is 5.32 Å². The quantitative estimate of drug-likeness (QED) is 0.749. The number of esters is 1. The van der Waals surface area contributed by atoms with E-state index < -0.39 is 0 Å². The van der Waals surface area contributed by atoms with Gasteiger partial charge < -0.3 is 10.1 Å². The number of hydrogen-bond acceptors (Lipinski definition) is 5. The first kappa shape index (κ1) is 17.1. The Bertz CT molecular complexity index is 803. The largest absolute Gasteiger partial charge is 0.466 e. The normalized spacial score (nSPS) is 28.3. The zero-order valence-corrected chi connectivity index (χ0v) is 16.3. The maximum Gasteiger partial charge on any atom is 0.311 e. The van der Waals surface area contributed by atoms with Crippen LogP contribution in [0.2, 0.25) is 5.28 Å². The molecule has 2 aromatic rings. The van der Waals surface area contributed by atoms with Gasteiger partial charge in [-0.25, -0.2) is 4.52 Å². The average Bonchev–Trinajstić information content (AvgIpc) is 2.96. The molecule has 0 unspecified atom stereocenters. The number of nitrogens with one attached hydrogen (secondary N) is 1. The van der Waals surface area contributed by atoms with Crippen molar-refractivity contribution in [1.82, 2.24) is 14.6 Å². The molecular weight excluding hydrogens is 408 g/mol. The van der Waals surface area contributed by atoms with Crippen LogP contribution in [0.25, 0.3) is 5.52 Å². The number of anilines is 1. The average molecular weight is 428 g/mol. The van der Waals surface area contributed by atoms with Crippen LogP contribution in [0.5, 0.6) is 0 Å². The summed E-state index contributed by atoms with van der Waals surface area (Å²) in [5.74, 6) is 1.28. The van der Waals surface area contributed by atoms with E-state index in [1.807, 2.05) is 19.2 Å². The highest BCUT2D eigenvalue weighted by Gasteiger charge is 2.48. The van der Waals surface area contributed by atoms with Gasteiger partial charge in [-0.3, -0.25) is 4.79 Å². The third kappa shape index (κ3) is 3.12. The first-order valence-electron chi connectivity index (χ1n) is 8.71. The minimum atomic E-state index is -0.125. The molecule has 0 aromatic carbocycles. The van der Waals surface area contributed by atoms with Crippen LogP contribution in [0.1, 0.15) is 32.6 Å². The van der Waals surface area contributed by atoms with E-state index in [9.17, 15) is 4.79 Å². The van der Waals surface area contributed by atoms with Gasteiger partial charge in [0.15, 0.2) is 5.82 Å². The summed E-state index contributed by atoms with van der Waals surface area (Å²) in [6, 6.07) is 1.97. The molecule has 0 amide bonds. The number of hydrogen-bond donors (Lipinski definition) is 1. The Morgan fingerprint density at radius 1 is 1.40 bits per heavy atom. The molecule has 25 heavy (non-hydrogen) atoms. The number of rotatable bonds is 4. The van der Waals surface area contributed by atoms with Crippen LogP contribution in [0.15, 0.2) is 16.7 Å². The summed E-state index contributed by atoms with van der Waals surface area (Å²) < 4.78 is 7.97. The summed E-state index contributed by atoms with van der Waals surface area (Å²) in [7, 11) is 0. The van der Waals surface area contributed by atoms with E-state index in [2.05, 4.69) is 31.3 Å². The van der Waals surface area contributed by atoms with E-state index in [1.165, 1.54) is 0 Å². The van der Waals surface area contributed by atoms with Gasteiger partial charge in [0.25, 0.3) is 0 Å². The molecule has 3 aliphatic rings. The molecule has 3 fully saturated rings. The Morgan fingerprint density at radius 2 is 2.12 bits per heavy atom. The van der Waals surface area contributed by atoms with Crippen molar-refractivity contribution in [1.29, 1.82) is 0 Å². The molecule has 0 radical (unpaired) electrons. The van der Waals surface area contributed by atoms with Crippen molar-refractivity contribution in [3.8, 4) is 0 Å². The van der Waals surface area contributed by atoms with E-state index in [1.54, 1.807) is 4.52 Å².